The summed E-state index contributed by atoms with van der Waals surface area (Å²) in [7, 11) is 0. The Morgan fingerprint density at radius 3 is 2.22 bits per heavy atom. The number of rotatable bonds is 3. The van der Waals surface area contributed by atoms with Gasteiger partial charge in [0.15, 0.2) is 0 Å². The maximum atomic E-state index is 11.3. The molecule has 0 unspecified atom stereocenters. The molecular weight excluding hydrogens is 228 g/mol. The van der Waals surface area contributed by atoms with Crippen molar-refractivity contribution in [1.29, 1.82) is 0 Å². The number of aliphatic hydroxyl groups is 1. The highest BCUT2D eigenvalue weighted by Gasteiger charge is 2.69. The van der Waals surface area contributed by atoms with Gasteiger partial charge in [0.05, 0.1) is 11.5 Å². The molecule has 2 N–H and O–H groups in total. The molecule has 5 atom stereocenters. The third kappa shape index (κ3) is 1.80. The van der Waals surface area contributed by atoms with Crippen molar-refractivity contribution in [2.45, 2.75) is 46.1 Å². The number of hydrogen-bond donors (Lipinski definition) is 2. The number of hydrogen-bond acceptors (Lipinski definition) is 2. The molecule has 0 bridgehead atoms. The highest BCUT2D eigenvalue weighted by Crippen LogP contribution is 2.67. The minimum absolute atomic E-state index is 0.0334. The van der Waals surface area contributed by atoms with Gasteiger partial charge in [-0.1, -0.05) is 26.0 Å². The molecule has 2 rings (SSSR count). The lowest BCUT2D eigenvalue weighted by Gasteiger charge is -2.31. The lowest BCUT2D eigenvalue weighted by molar-refractivity contribution is -0.139. The second kappa shape index (κ2) is 3.83. The molecule has 0 amide bonds. The molecule has 0 heterocycles. The Kier molecular flexibility index (Phi) is 2.89. The van der Waals surface area contributed by atoms with Crippen molar-refractivity contribution in [2.75, 3.05) is 0 Å². The molecule has 3 heteroatoms. The van der Waals surface area contributed by atoms with Crippen LogP contribution in [-0.2, 0) is 4.79 Å². The molecule has 2 aliphatic carbocycles. The van der Waals surface area contributed by atoms with E-state index in [1.807, 2.05) is 27.7 Å². The zero-order chi connectivity index (χ0) is 13.9. The van der Waals surface area contributed by atoms with Crippen molar-refractivity contribution < 1.29 is 15.0 Å². The van der Waals surface area contributed by atoms with Gasteiger partial charge in [-0.15, -0.1) is 0 Å². The molecule has 2 saturated carbocycles. The molecule has 0 aromatic rings. The minimum Gasteiger partial charge on any atom is -0.481 e. The Labute approximate surface area is 109 Å². The summed E-state index contributed by atoms with van der Waals surface area (Å²) in [6, 6.07) is 0. The summed E-state index contributed by atoms with van der Waals surface area (Å²) in [4.78, 5) is 11.3. The predicted molar refractivity (Wildman–Crippen MR) is 70.0 cm³/mol. The van der Waals surface area contributed by atoms with Gasteiger partial charge in [0.1, 0.15) is 0 Å². The van der Waals surface area contributed by atoms with Gasteiger partial charge in [0, 0.05) is 0 Å². The predicted octanol–water partition coefficient (Wildman–Crippen LogP) is 2.70. The Morgan fingerprint density at radius 1 is 1.28 bits per heavy atom. The van der Waals surface area contributed by atoms with Crippen molar-refractivity contribution in [3.05, 3.63) is 12.2 Å². The van der Waals surface area contributed by atoms with E-state index in [1.54, 1.807) is 0 Å². The molecule has 2 fully saturated rings. The maximum Gasteiger partial charge on any atom is 0.307 e. The van der Waals surface area contributed by atoms with Crippen LogP contribution in [0.1, 0.15) is 40.5 Å². The van der Waals surface area contributed by atoms with Gasteiger partial charge >= 0.3 is 5.97 Å². The van der Waals surface area contributed by atoms with Gasteiger partial charge in [-0.2, -0.15) is 0 Å². The first kappa shape index (κ1) is 13.6. The van der Waals surface area contributed by atoms with Crippen LogP contribution in [0.25, 0.3) is 0 Å². The van der Waals surface area contributed by atoms with Crippen LogP contribution in [0.3, 0.4) is 0 Å². The normalized spacial score (nSPS) is 45.8. The minimum atomic E-state index is -0.754. The van der Waals surface area contributed by atoms with E-state index in [9.17, 15) is 15.0 Å². The smallest absolute Gasteiger partial charge is 0.307 e. The van der Waals surface area contributed by atoms with Crippen molar-refractivity contribution in [3.63, 3.8) is 0 Å². The Hall–Kier alpha value is -0.830. The molecule has 102 valence electrons. The summed E-state index contributed by atoms with van der Waals surface area (Å²) < 4.78 is 0. The SMILES string of the molecule is C=C(C)[C@@H]1CC[C@](C)(O)[C@H]1[C@H]1[C@@H](C(=O)O)C1(C)C. The molecule has 0 aromatic heterocycles. The van der Waals surface area contributed by atoms with Crippen molar-refractivity contribution in [3.8, 4) is 0 Å². The van der Waals surface area contributed by atoms with E-state index in [-0.39, 0.29) is 29.1 Å². The zero-order valence-corrected chi connectivity index (χ0v) is 11.7. The molecule has 3 nitrogen and oxygen atoms in total. The first-order chi connectivity index (χ1) is 8.10. The average molecular weight is 252 g/mol. The summed E-state index contributed by atoms with van der Waals surface area (Å²) in [6.07, 6.45) is 1.67. The highest BCUT2D eigenvalue weighted by molar-refractivity contribution is 5.75. The van der Waals surface area contributed by atoms with Crippen LogP contribution >= 0.6 is 0 Å². The molecular formula is C15H24O3. The second-order valence-electron chi connectivity index (χ2n) is 7.04. The number of carboxylic acids is 1. The van der Waals surface area contributed by atoms with Gasteiger partial charge < -0.3 is 10.2 Å². The van der Waals surface area contributed by atoms with Gasteiger partial charge in [-0.25, -0.2) is 0 Å². The Bertz CT molecular complexity index is 395. The molecule has 0 saturated heterocycles. The summed E-state index contributed by atoms with van der Waals surface area (Å²) in [5, 5.41) is 19.9. The highest BCUT2D eigenvalue weighted by atomic mass is 16.4. The lowest BCUT2D eigenvalue weighted by Crippen LogP contribution is -2.35. The first-order valence-corrected chi connectivity index (χ1v) is 6.71. The molecule has 2 aliphatic rings. The standard InChI is InChI=1S/C15H24O3/c1-8(2)9-6-7-15(5,18)10(9)11-12(13(16)17)14(11,3)4/h9-12,18H,1,6-7H2,2-5H3,(H,16,17)/t9-,10+,11-,12-,15-/m0/s1. The third-order valence-corrected chi connectivity index (χ3v) is 5.31. The molecule has 0 spiro atoms. The third-order valence-electron chi connectivity index (χ3n) is 5.31. The van der Waals surface area contributed by atoms with Gasteiger partial charge in [-0.3, -0.25) is 4.79 Å². The summed E-state index contributed by atoms with van der Waals surface area (Å²) in [6.45, 7) is 11.9. The quantitative estimate of drug-likeness (QED) is 0.759. The van der Waals surface area contributed by atoms with Crippen LogP contribution in [-0.4, -0.2) is 21.8 Å². The Morgan fingerprint density at radius 2 is 1.83 bits per heavy atom. The van der Waals surface area contributed by atoms with Crippen molar-refractivity contribution >= 4 is 5.97 Å². The lowest BCUT2D eigenvalue weighted by atomic mass is 9.78. The fourth-order valence-corrected chi connectivity index (χ4v) is 4.24. The molecule has 0 aromatic carbocycles. The van der Waals surface area contributed by atoms with Crippen LogP contribution in [0, 0.1) is 29.1 Å². The fraction of sp³-hybridized carbons (Fsp3) is 0.800. The first-order valence-electron chi connectivity index (χ1n) is 6.71. The van der Waals surface area contributed by atoms with E-state index in [2.05, 4.69) is 6.58 Å². The number of carboxylic acid groups (broad SMARTS) is 1. The van der Waals surface area contributed by atoms with Crippen LogP contribution in [0.4, 0.5) is 0 Å². The Balaban J connectivity index is 2.31. The number of aliphatic carboxylic acids is 1. The summed E-state index contributed by atoms with van der Waals surface area (Å²) >= 11 is 0. The average Bonchev–Trinajstić information content (AvgIpc) is 2.58. The van der Waals surface area contributed by atoms with Crippen molar-refractivity contribution in [2.24, 2.45) is 29.1 Å². The van der Waals surface area contributed by atoms with E-state index in [4.69, 9.17) is 0 Å². The number of carbonyl (C=O) groups is 1. The van der Waals surface area contributed by atoms with E-state index < -0.39 is 11.6 Å². The van der Waals surface area contributed by atoms with Gasteiger partial charge in [0.25, 0.3) is 0 Å². The largest absolute Gasteiger partial charge is 0.481 e. The molecule has 0 aliphatic heterocycles. The topological polar surface area (TPSA) is 57.5 Å². The van der Waals surface area contributed by atoms with Crippen LogP contribution in [0.2, 0.25) is 0 Å². The van der Waals surface area contributed by atoms with Gasteiger partial charge in [0.2, 0.25) is 0 Å². The van der Waals surface area contributed by atoms with Crippen molar-refractivity contribution in [1.82, 2.24) is 0 Å². The summed E-state index contributed by atoms with van der Waals surface area (Å²) in [5.41, 5.74) is 0.110. The van der Waals surface area contributed by atoms with E-state index >= 15 is 0 Å². The van der Waals surface area contributed by atoms with E-state index in [0.29, 0.717) is 0 Å². The monoisotopic (exact) mass is 252 g/mol. The van der Waals surface area contributed by atoms with Crippen LogP contribution in [0.5, 0.6) is 0 Å². The second-order valence-corrected chi connectivity index (χ2v) is 7.04. The van der Waals surface area contributed by atoms with E-state index in [0.717, 1.165) is 18.4 Å². The van der Waals surface area contributed by atoms with E-state index in [1.165, 1.54) is 0 Å². The molecule has 18 heavy (non-hydrogen) atoms. The fourth-order valence-electron chi connectivity index (χ4n) is 4.24. The maximum absolute atomic E-state index is 11.3. The summed E-state index contributed by atoms with van der Waals surface area (Å²) in [5.74, 6) is -0.698. The van der Waals surface area contributed by atoms with Crippen LogP contribution in [0.15, 0.2) is 12.2 Å². The zero-order valence-electron chi connectivity index (χ0n) is 11.7. The molecule has 0 radical (unpaired) electrons. The van der Waals surface area contributed by atoms with Gasteiger partial charge in [-0.05, 0) is 49.9 Å². The number of allylic oxidation sites excluding steroid dienone is 1. The van der Waals surface area contributed by atoms with Crippen LogP contribution < -0.4 is 0 Å².